The van der Waals surface area contributed by atoms with E-state index in [1.165, 1.54) is 17.4 Å². The molecule has 1 saturated heterocycles. The fraction of sp³-hybridized carbons (Fsp3) is 0.389. The van der Waals surface area contributed by atoms with Crippen molar-refractivity contribution in [1.29, 1.82) is 0 Å². The first-order valence-corrected chi connectivity index (χ1v) is 11.4. The van der Waals surface area contributed by atoms with Crippen molar-refractivity contribution in [2.24, 2.45) is 0 Å². The number of amides is 1. The van der Waals surface area contributed by atoms with Gasteiger partial charge in [0.05, 0.1) is 17.6 Å². The molecular weight excluding hydrogens is 404 g/mol. The van der Waals surface area contributed by atoms with Crippen molar-refractivity contribution < 1.29 is 22.9 Å². The third kappa shape index (κ3) is 4.75. The van der Waals surface area contributed by atoms with Gasteiger partial charge < -0.3 is 9.64 Å². The van der Waals surface area contributed by atoms with E-state index in [0.717, 1.165) is 36.1 Å². The van der Waals surface area contributed by atoms with Crippen LogP contribution in [0.2, 0.25) is 0 Å². The van der Waals surface area contributed by atoms with E-state index in [1.54, 1.807) is 4.90 Å². The van der Waals surface area contributed by atoms with Gasteiger partial charge in [-0.25, -0.2) is 8.42 Å². The Morgan fingerprint density at radius 2 is 2.18 bits per heavy atom. The molecule has 1 fully saturated rings. The van der Waals surface area contributed by atoms with E-state index in [1.807, 2.05) is 17.5 Å². The first-order valence-electron chi connectivity index (χ1n) is 8.67. The summed E-state index contributed by atoms with van der Waals surface area (Å²) in [4.78, 5) is 25.8. The Morgan fingerprint density at radius 3 is 2.75 bits per heavy atom. The van der Waals surface area contributed by atoms with E-state index in [0.29, 0.717) is 19.7 Å². The molecule has 10 heteroatoms. The topological polar surface area (TPSA) is 107 Å². The lowest BCUT2D eigenvalue weighted by Crippen LogP contribution is -2.36. The first-order chi connectivity index (χ1) is 13.3. The second-order valence-electron chi connectivity index (χ2n) is 6.61. The number of thiophene rings is 1. The lowest BCUT2D eigenvalue weighted by atomic mass is 10.1. The number of nitrogens with zero attached hydrogens (tertiary/aromatic N) is 2. The Bertz CT molecular complexity index is 966. The van der Waals surface area contributed by atoms with E-state index >= 15 is 0 Å². The number of ether oxygens (including phenoxy) is 1. The summed E-state index contributed by atoms with van der Waals surface area (Å²) in [6.45, 7) is 1.39. The maximum absolute atomic E-state index is 13.1. The molecule has 1 aromatic heterocycles. The number of nitro groups is 1. The van der Waals surface area contributed by atoms with Crippen molar-refractivity contribution >= 4 is 32.8 Å². The molecule has 1 aromatic carbocycles. The molecule has 2 aromatic rings. The van der Waals surface area contributed by atoms with Gasteiger partial charge in [0, 0.05) is 35.9 Å². The summed E-state index contributed by atoms with van der Waals surface area (Å²) in [5.41, 5.74) is -0.518. The second-order valence-corrected chi connectivity index (χ2v) is 9.63. The molecule has 0 N–H and O–H groups in total. The van der Waals surface area contributed by atoms with Gasteiger partial charge in [-0.2, -0.15) is 0 Å². The largest absolute Gasteiger partial charge is 0.376 e. The highest BCUT2D eigenvalue weighted by molar-refractivity contribution is 7.90. The van der Waals surface area contributed by atoms with E-state index < -0.39 is 31.3 Å². The minimum Gasteiger partial charge on any atom is -0.376 e. The number of benzene rings is 1. The fourth-order valence-corrected chi connectivity index (χ4v) is 4.68. The molecular formula is C18H20N2O6S2. The van der Waals surface area contributed by atoms with Crippen LogP contribution in [-0.4, -0.2) is 49.7 Å². The Hall–Kier alpha value is -2.30. The molecule has 3 rings (SSSR count). The van der Waals surface area contributed by atoms with Crippen LogP contribution in [-0.2, 0) is 21.1 Å². The number of carbonyl (C=O) groups is 1. The van der Waals surface area contributed by atoms with E-state index in [2.05, 4.69) is 0 Å². The van der Waals surface area contributed by atoms with Crippen LogP contribution in [0.25, 0.3) is 0 Å². The standard InChI is InChI=1S/C18H20N2O6S2/c1-28(24,25)17-7-6-13(10-16(17)20(22)23)18(21)19(11-14-4-2-8-26-14)12-15-5-3-9-27-15/h3,5-7,9-10,14H,2,4,8,11-12H2,1H3. The number of sulfone groups is 1. The second kappa shape index (κ2) is 8.38. The van der Waals surface area contributed by atoms with Gasteiger partial charge >= 0.3 is 0 Å². The highest BCUT2D eigenvalue weighted by atomic mass is 32.2. The van der Waals surface area contributed by atoms with Crippen molar-refractivity contribution in [2.45, 2.75) is 30.4 Å². The van der Waals surface area contributed by atoms with Gasteiger partial charge in [0.15, 0.2) is 9.84 Å². The number of carbonyl (C=O) groups excluding carboxylic acids is 1. The minimum absolute atomic E-state index is 0.0748. The summed E-state index contributed by atoms with van der Waals surface area (Å²) in [7, 11) is -3.79. The summed E-state index contributed by atoms with van der Waals surface area (Å²) in [5.74, 6) is -0.396. The predicted molar refractivity (Wildman–Crippen MR) is 104 cm³/mol. The zero-order valence-corrected chi connectivity index (χ0v) is 16.9. The van der Waals surface area contributed by atoms with Gasteiger partial charge in [-0.1, -0.05) is 6.07 Å². The number of hydrogen-bond acceptors (Lipinski definition) is 7. The molecule has 1 aliphatic heterocycles. The average Bonchev–Trinajstić information content (AvgIpc) is 3.33. The SMILES string of the molecule is CS(=O)(=O)c1ccc(C(=O)N(Cc2cccs2)CC2CCCO2)cc1[N+](=O)[O-]. The molecule has 0 radical (unpaired) electrons. The lowest BCUT2D eigenvalue weighted by molar-refractivity contribution is -0.387. The zero-order chi connectivity index (χ0) is 20.3. The Kier molecular flexibility index (Phi) is 6.11. The smallest absolute Gasteiger partial charge is 0.288 e. The van der Waals surface area contributed by atoms with Crippen LogP contribution >= 0.6 is 11.3 Å². The number of nitro benzene ring substituents is 1. The van der Waals surface area contributed by atoms with Gasteiger partial charge in [-0.15, -0.1) is 11.3 Å². The maximum atomic E-state index is 13.1. The van der Waals surface area contributed by atoms with Crippen LogP contribution in [0.4, 0.5) is 5.69 Å². The Morgan fingerprint density at radius 1 is 1.39 bits per heavy atom. The van der Waals surface area contributed by atoms with Crippen molar-refractivity contribution in [1.82, 2.24) is 4.90 Å². The van der Waals surface area contributed by atoms with Crippen LogP contribution in [0.3, 0.4) is 0 Å². The van der Waals surface area contributed by atoms with E-state index in [-0.39, 0.29) is 11.7 Å². The first kappa shape index (κ1) is 20.4. The van der Waals surface area contributed by atoms with Gasteiger partial charge in [0.25, 0.3) is 11.6 Å². The average molecular weight is 425 g/mol. The van der Waals surface area contributed by atoms with E-state index in [4.69, 9.17) is 4.74 Å². The monoisotopic (exact) mass is 424 g/mol. The summed E-state index contributed by atoms with van der Waals surface area (Å²) < 4.78 is 29.2. The molecule has 150 valence electrons. The Balaban J connectivity index is 1.92. The number of hydrogen-bond donors (Lipinski definition) is 0. The zero-order valence-electron chi connectivity index (χ0n) is 15.2. The highest BCUT2D eigenvalue weighted by Gasteiger charge is 2.28. The summed E-state index contributed by atoms with van der Waals surface area (Å²) in [6, 6.07) is 7.28. The summed E-state index contributed by atoms with van der Waals surface area (Å²) >= 11 is 1.51. The van der Waals surface area contributed by atoms with Crippen LogP contribution in [0.5, 0.6) is 0 Å². The van der Waals surface area contributed by atoms with Gasteiger partial charge in [-0.3, -0.25) is 14.9 Å². The Labute approximate surface area is 166 Å². The quantitative estimate of drug-likeness (QED) is 0.500. The molecule has 0 aliphatic carbocycles. The third-order valence-corrected chi connectivity index (χ3v) is 6.47. The van der Waals surface area contributed by atoms with Crippen LogP contribution in [0, 0.1) is 10.1 Å². The highest BCUT2D eigenvalue weighted by Crippen LogP contribution is 2.26. The maximum Gasteiger partial charge on any atom is 0.288 e. The molecule has 2 heterocycles. The fourth-order valence-electron chi connectivity index (χ4n) is 3.13. The van der Waals surface area contributed by atoms with Crippen LogP contribution in [0.1, 0.15) is 28.1 Å². The minimum atomic E-state index is -3.79. The van der Waals surface area contributed by atoms with Crippen molar-refractivity contribution in [3.8, 4) is 0 Å². The summed E-state index contributed by atoms with van der Waals surface area (Å²) in [5, 5.41) is 13.3. The molecule has 0 spiro atoms. The lowest BCUT2D eigenvalue weighted by Gasteiger charge is -2.25. The predicted octanol–water partition coefficient (Wildman–Crippen LogP) is 2.88. The van der Waals surface area contributed by atoms with Gasteiger partial charge in [0.1, 0.15) is 4.90 Å². The molecule has 8 nitrogen and oxygen atoms in total. The van der Waals surface area contributed by atoms with E-state index in [9.17, 15) is 23.3 Å². The van der Waals surface area contributed by atoms with Gasteiger partial charge in [0.2, 0.25) is 0 Å². The molecule has 0 saturated carbocycles. The number of rotatable bonds is 7. The summed E-state index contributed by atoms with van der Waals surface area (Å²) in [6.07, 6.45) is 2.60. The molecule has 28 heavy (non-hydrogen) atoms. The van der Waals surface area contributed by atoms with Crippen LogP contribution in [0.15, 0.2) is 40.6 Å². The normalized spacial score (nSPS) is 16.8. The van der Waals surface area contributed by atoms with Crippen molar-refractivity contribution in [3.05, 3.63) is 56.3 Å². The molecule has 1 aliphatic rings. The van der Waals surface area contributed by atoms with Gasteiger partial charge in [-0.05, 0) is 36.4 Å². The third-order valence-electron chi connectivity index (χ3n) is 4.46. The molecule has 1 amide bonds. The molecule has 1 atom stereocenters. The van der Waals surface area contributed by atoms with Crippen molar-refractivity contribution in [2.75, 3.05) is 19.4 Å². The van der Waals surface area contributed by atoms with Crippen molar-refractivity contribution in [3.63, 3.8) is 0 Å². The molecule has 1 unspecified atom stereocenters. The van der Waals surface area contributed by atoms with Crippen LogP contribution < -0.4 is 0 Å². The molecule has 0 bridgehead atoms.